The van der Waals surface area contributed by atoms with Crippen LogP contribution in [0.1, 0.15) is 0 Å². The Hall–Kier alpha value is -3.98. The number of para-hydroxylation sites is 1. The number of ether oxygens (including phenoxy) is 3. The first-order valence-electron chi connectivity index (χ1n) is 9.74. The van der Waals surface area contributed by atoms with Crippen molar-refractivity contribution in [1.82, 2.24) is 0 Å². The highest BCUT2D eigenvalue weighted by molar-refractivity contribution is 7.87. The van der Waals surface area contributed by atoms with E-state index in [1.165, 1.54) is 39.5 Å². The molecule has 0 unspecified atom stereocenters. The minimum absolute atomic E-state index is 0.0342. The van der Waals surface area contributed by atoms with Crippen molar-refractivity contribution in [2.75, 3.05) is 21.3 Å². The molecule has 8 nitrogen and oxygen atoms in total. The summed E-state index contributed by atoms with van der Waals surface area (Å²) in [6.45, 7) is 0. The predicted molar refractivity (Wildman–Crippen MR) is 122 cm³/mol. The van der Waals surface area contributed by atoms with E-state index in [2.05, 4.69) is 0 Å². The van der Waals surface area contributed by atoms with Crippen LogP contribution >= 0.6 is 0 Å². The van der Waals surface area contributed by atoms with E-state index in [1.807, 2.05) is 0 Å². The molecule has 0 fully saturated rings. The molecule has 33 heavy (non-hydrogen) atoms. The van der Waals surface area contributed by atoms with Crippen LogP contribution in [-0.4, -0.2) is 29.7 Å². The number of benzene rings is 3. The Morgan fingerprint density at radius 2 is 1.45 bits per heavy atom. The Balaban J connectivity index is 1.93. The summed E-state index contributed by atoms with van der Waals surface area (Å²) in [6, 6.07) is 17.3. The van der Waals surface area contributed by atoms with Crippen LogP contribution in [0.5, 0.6) is 23.0 Å². The summed E-state index contributed by atoms with van der Waals surface area (Å²) in [5.74, 6) is 0.388. The van der Waals surface area contributed by atoms with Gasteiger partial charge in [0.15, 0.2) is 10.7 Å². The number of methoxy groups -OCH3 is 3. The fourth-order valence-corrected chi connectivity index (χ4v) is 4.39. The average molecular weight is 468 g/mol. The van der Waals surface area contributed by atoms with Crippen LogP contribution in [0.4, 0.5) is 0 Å². The van der Waals surface area contributed by atoms with Gasteiger partial charge in [0.1, 0.15) is 22.8 Å². The van der Waals surface area contributed by atoms with Crippen molar-refractivity contribution in [3.8, 4) is 34.3 Å². The molecule has 0 aliphatic carbocycles. The fraction of sp³-hybridized carbons (Fsp3) is 0.125. The van der Waals surface area contributed by atoms with Crippen LogP contribution in [0.15, 0.2) is 80.8 Å². The van der Waals surface area contributed by atoms with Crippen molar-refractivity contribution >= 4 is 21.1 Å². The average Bonchev–Trinajstić information content (AvgIpc) is 2.85. The predicted octanol–water partition coefficient (Wildman–Crippen LogP) is 4.25. The van der Waals surface area contributed by atoms with Gasteiger partial charge in [-0.1, -0.05) is 12.1 Å². The van der Waals surface area contributed by atoms with E-state index in [4.69, 9.17) is 22.8 Å². The topological polar surface area (TPSA) is 101 Å². The Morgan fingerprint density at radius 3 is 2.12 bits per heavy atom. The van der Waals surface area contributed by atoms with E-state index in [1.54, 1.807) is 48.5 Å². The summed E-state index contributed by atoms with van der Waals surface area (Å²) in [5, 5.41) is 0.178. The van der Waals surface area contributed by atoms with Gasteiger partial charge in [0.05, 0.1) is 26.7 Å². The molecule has 170 valence electrons. The summed E-state index contributed by atoms with van der Waals surface area (Å²) < 4.78 is 53.3. The maximum absolute atomic E-state index is 13.3. The molecule has 3 aromatic carbocycles. The standard InChI is InChI=1S/C24H20O8S/c1-28-16-10-8-15(9-11-16)23-24(22(25)18-6-4-5-7-19(18)31-23)32-33(26,27)21-14-17(29-2)12-13-20(21)30-3/h4-14H,1-3H3. The SMILES string of the molecule is COc1ccc(-c2oc3ccccc3c(=O)c2OS(=O)(=O)c2cc(OC)ccc2OC)cc1. The van der Waals surface area contributed by atoms with Crippen molar-refractivity contribution in [3.05, 3.63) is 77.0 Å². The van der Waals surface area contributed by atoms with E-state index in [0.717, 1.165) is 0 Å². The summed E-state index contributed by atoms with van der Waals surface area (Å²) in [4.78, 5) is 13.0. The van der Waals surface area contributed by atoms with Gasteiger partial charge in [0.25, 0.3) is 0 Å². The number of hydrogen-bond acceptors (Lipinski definition) is 8. The minimum atomic E-state index is -4.51. The third-order valence-electron chi connectivity index (χ3n) is 4.94. The molecule has 0 amide bonds. The van der Waals surface area contributed by atoms with Crippen LogP contribution in [-0.2, 0) is 10.1 Å². The molecular formula is C24H20O8S. The van der Waals surface area contributed by atoms with Crippen molar-refractivity contribution < 1.29 is 31.2 Å². The van der Waals surface area contributed by atoms with Gasteiger partial charge in [0, 0.05) is 11.6 Å². The smallest absolute Gasteiger partial charge is 0.343 e. The quantitative estimate of drug-likeness (QED) is 0.371. The molecular weight excluding hydrogens is 448 g/mol. The van der Waals surface area contributed by atoms with Gasteiger partial charge in [-0.05, 0) is 48.5 Å². The molecule has 1 aromatic heterocycles. The van der Waals surface area contributed by atoms with E-state index in [0.29, 0.717) is 11.3 Å². The second-order valence-corrected chi connectivity index (χ2v) is 8.38. The van der Waals surface area contributed by atoms with E-state index in [9.17, 15) is 13.2 Å². The molecule has 0 bridgehead atoms. The Kier molecular flexibility index (Phi) is 5.97. The van der Waals surface area contributed by atoms with Crippen LogP contribution in [0, 0.1) is 0 Å². The van der Waals surface area contributed by atoms with Gasteiger partial charge in [0.2, 0.25) is 11.2 Å². The van der Waals surface area contributed by atoms with E-state index < -0.39 is 21.3 Å². The summed E-state index contributed by atoms with van der Waals surface area (Å²) in [6.07, 6.45) is 0. The first-order chi connectivity index (χ1) is 15.9. The highest BCUT2D eigenvalue weighted by atomic mass is 32.2. The van der Waals surface area contributed by atoms with Crippen molar-refractivity contribution in [2.45, 2.75) is 4.90 Å². The molecule has 0 N–H and O–H groups in total. The zero-order valence-electron chi connectivity index (χ0n) is 18.0. The van der Waals surface area contributed by atoms with E-state index in [-0.39, 0.29) is 33.1 Å². The monoisotopic (exact) mass is 468 g/mol. The molecule has 0 aliphatic rings. The largest absolute Gasteiger partial charge is 0.497 e. The second-order valence-electron chi connectivity index (χ2n) is 6.87. The lowest BCUT2D eigenvalue weighted by atomic mass is 10.1. The molecule has 9 heteroatoms. The van der Waals surface area contributed by atoms with Gasteiger partial charge < -0.3 is 22.8 Å². The molecule has 0 saturated carbocycles. The number of hydrogen-bond donors (Lipinski definition) is 0. The molecule has 4 rings (SSSR count). The van der Waals surface area contributed by atoms with Gasteiger partial charge in [-0.3, -0.25) is 4.79 Å². The second kappa shape index (κ2) is 8.87. The lowest BCUT2D eigenvalue weighted by Gasteiger charge is -2.14. The summed E-state index contributed by atoms with van der Waals surface area (Å²) >= 11 is 0. The maximum Gasteiger partial charge on any atom is 0.343 e. The Morgan fingerprint density at radius 1 is 0.788 bits per heavy atom. The van der Waals surface area contributed by atoms with Gasteiger partial charge >= 0.3 is 10.1 Å². The highest BCUT2D eigenvalue weighted by Crippen LogP contribution is 2.35. The van der Waals surface area contributed by atoms with Gasteiger partial charge in [-0.2, -0.15) is 8.42 Å². The van der Waals surface area contributed by atoms with Crippen LogP contribution < -0.4 is 23.8 Å². The lowest BCUT2D eigenvalue weighted by molar-refractivity contribution is 0.388. The zero-order valence-corrected chi connectivity index (χ0v) is 18.8. The van der Waals surface area contributed by atoms with Gasteiger partial charge in [-0.25, -0.2) is 0 Å². The first kappa shape index (κ1) is 22.2. The van der Waals surface area contributed by atoms with Gasteiger partial charge in [-0.15, -0.1) is 0 Å². The molecule has 0 spiro atoms. The lowest BCUT2D eigenvalue weighted by Crippen LogP contribution is -2.17. The Bertz CT molecular complexity index is 1470. The van der Waals surface area contributed by atoms with Crippen molar-refractivity contribution in [2.24, 2.45) is 0 Å². The first-order valence-corrected chi connectivity index (χ1v) is 11.2. The Labute approximate surface area is 190 Å². The third-order valence-corrected chi connectivity index (χ3v) is 6.19. The van der Waals surface area contributed by atoms with Crippen LogP contribution in [0.25, 0.3) is 22.3 Å². The maximum atomic E-state index is 13.3. The van der Waals surface area contributed by atoms with E-state index >= 15 is 0 Å². The molecule has 4 aromatic rings. The molecule has 0 saturated heterocycles. The number of rotatable bonds is 7. The molecule has 0 radical (unpaired) electrons. The highest BCUT2D eigenvalue weighted by Gasteiger charge is 2.28. The number of fused-ring (bicyclic) bond motifs is 1. The van der Waals surface area contributed by atoms with Crippen molar-refractivity contribution in [3.63, 3.8) is 0 Å². The van der Waals surface area contributed by atoms with Crippen molar-refractivity contribution in [1.29, 1.82) is 0 Å². The molecule has 0 aliphatic heterocycles. The van der Waals surface area contributed by atoms with Crippen LogP contribution in [0.3, 0.4) is 0 Å². The zero-order chi connectivity index (χ0) is 23.6. The normalized spacial score (nSPS) is 11.2. The summed E-state index contributed by atoms with van der Waals surface area (Å²) in [7, 11) is -0.262. The fourth-order valence-electron chi connectivity index (χ4n) is 3.27. The van der Waals surface area contributed by atoms with Crippen LogP contribution in [0.2, 0.25) is 0 Å². The molecule has 0 atom stereocenters. The molecule has 1 heterocycles. The third kappa shape index (κ3) is 4.22. The minimum Gasteiger partial charge on any atom is -0.497 e. The summed E-state index contributed by atoms with van der Waals surface area (Å²) in [5.41, 5.74) is 0.0894.